The van der Waals surface area contributed by atoms with Gasteiger partial charge in [0, 0.05) is 18.2 Å². The molecule has 0 radical (unpaired) electrons. The van der Waals surface area contributed by atoms with E-state index in [1.54, 1.807) is 0 Å². The zero-order valence-corrected chi connectivity index (χ0v) is 17.0. The van der Waals surface area contributed by atoms with Gasteiger partial charge in [-0.05, 0) is 24.1 Å². The first-order valence-corrected chi connectivity index (χ1v) is 10.0. The number of benzene rings is 1. The quantitative estimate of drug-likeness (QED) is 0.374. The average Bonchev–Trinajstić information content (AvgIpc) is 3.00. The monoisotopic (exact) mass is 422 g/mol. The van der Waals surface area contributed by atoms with E-state index in [1.165, 1.54) is 6.20 Å². The fourth-order valence-corrected chi connectivity index (χ4v) is 3.42. The number of nitrogens with zero attached hydrogens (tertiary/aromatic N) is 1. The Hall–Kier alpha value is -2.04. The Kier molecular flexibility index (Phi) is 7.20. The minimum absolute atomic E-state index is 0.293. The largest absolute Gasteiger partial charge is 0.494 e. The van der Waals surface area contributed by atoms with E-state index < -0.39 is 36.8 Å². The first kappa shape index (κ1) is 21.7. The van der Waals surface area contributed by atoms with Crippen molar-refractivity contribution < 1.29 is 24.8 Å². The van der Waals surface area contributed by atoms with E-state index in [2.05, 4.69) is 11.9 Å². The summed E-state index contributed by atoms with van der Waals surface area (Å²) in [6.45, 7) is 2.32. The van der Waals surface area contributed by atoms with Crippen LogP contribution in [-0.2, 0) is 11.2 Å². The summed E-state index contributed by atoms with van der Waals surface area (Å²) in [6.07, 6.45) is -0.665. The smallest absolute Gasteiger partial charge is 0.328 e. The molecule has 29 heavy (non-hydrogen) atoms. The summed E-state index contributed by atoms with van der Waals surface area (Å²) in [5, 5.41) is 29.4. The second-order valence-electron chi connectivity index (χ2n) is 7.07. The van der Waals surface area contributed by atoms with Crippen LogP contribution >= 0.6 is 12.2 Å². The molecule has 158 valence electrons. The number of hydrogen-bond acceptors (Lipinski definition) is 7. The number of ether oxygens (including phenoxy) is 2. The Morgan fingerprint density at radius 2 is 1.97 bits per heavy atom. The predicted octanol–water partition coefficient (Wildman–Crippen LogP) is 1.29. The number of unbranched alkanes of at least 4 members (excludes halogenated alkanes) is 1. The first-order valence-electron chi connectivity index (χ1n) is 9.63. The maximum Gasteiger partial charge on any atom is 0.328 e. The maximum absolute atomic E-state index is 12.3. The molecule has 1 fully saturated rings. The van der Waals surface area contributed by atoms with Crippen molar-refractivity contribution in [2.45, 2.75) is 50.7 Å². The van der Waals surface area contributed by atoms with Crippen LogP contribution in [-0.4, -0.2) is 56.4 Å². The van der Waals surface area contributed by atoms with Crippen LogP contribution in [0.2, 0.25) is 0 Å². The molecule has 4 N–H and O–H groups in total. The van der Waals surface area contributed by atoms with Gasteiger partial charge in [-0.3, -0.25) is 9.55 Å². The van der Waals surface area contributed by atoms with Crippen molar-refractivity contribution in [1.29, 1.82) is 0 Å². The molecule has 0 aliphatic carbocycles. The van der Waals surface area contributed by atoms with Gasteiger partial charge in [0.25, 0.3) is 0 Å². The summed E-state index contributed by atoms with van der Waals surface area (Å²) in [5.74, 6) is 0.795. The minimum atomic E-state index is -1.35. The SMILES string of the molecule is CCCCOc1ccc(Cc2cn([C@H]3O[C@@H](CO)C(O)C3O)c(=O)[nH]c2=S)cc1. The fraction of sp³-hybridized carbons (Fsp3) is 0.500. The van der Waals surface area contributed by atoms with Crippen LogP contribution in [0.15, 0.2) is 35.3 Å². The van der Waals surface area contributed by atoms with Gasteiger partial charge in [0.1, 0.15) is 28.7 Å². The second-order valence-corrected chi connectivity index (χ2v) is 7.48. The van der Waals surface area contributed by atoms with Crippen LogP contribution in [0.3, 0.4) is 0 Å². The third-order valence-corrected chi connectivity index (χ3v) is 5.28. The normalized spacial score (nSPS) is 24.0. The number of aromatic nitrogens is 2. The van der Waals surface area contributed by atoms with Crippen LogP contribution in [0.25, 0.3) is 0 Å². The summed E-state index contributed by atoms with van der Waals surface area (Å²) >= 11 is 5.28. The molecule has 2 heterocycles. The molecule has 1 aromatic carbocycles. The summed E-state index contributed by atoms with van der Waals surface area (Å²) in [6, 6.07) is 7.63. The van der Waals surface area contributed by atoms with E-state index in [9.17, 15) is 20.1 Å². The van der Waals surface area contributed by atoms with E-state index in [4.69, 9.17) is 21.7 Å². The third kappa shape index (κ3) is 4.93. The molecule has 9 heteroatoms. The van der Waals surface area contributed by atoms with Crippen molar-refractivity contribution in [3.63, 3.8) is 0 Å². The number of H-pyrrole nitrogens is 1. The molecule has 0 spiro atoms. The van der Waals surface area contributed by atoms with Crippen molar-refractivity contribution in [2.24, 2.45) is 0 Å². The topological polar surface area (TPSA) is 117 Å². The van der Waals surface area contributed by atoms with Gasteiger partial charge in [-0.25, -0.2) is 4.79 Å². The van der Waals surface area contributed by atoms with Gasteiger partial charge >= 0.3 is 5.69 Å². The van der Waals surface area contributed by atoms with Gasteiger partial charge in [-0.2, -0.15) is 0 Å². The highest BCUT2D eigenvalue weighted by molar-refractivity contribution is 7.71. The lowest BCUT2D eigenvalue weighted by molar-refractivity contribution is -0.0551. The van der Waals surface area contributed by atoms with Gasteiger partial charge in [0.2, 0.25) is 0 Å². The third-order valence-electron chi connectivity index (χ3n) is 4.92. The molecule has 1 aromatic heterocycles. The van der Waals surface area contributed by atoms with E-state index in [-0.39, 0.29) is 0 Å². The van der Waals surface area contributed by atoms with Crippen LogP contribution < -0.4 is 10.4 Å². The highest BCUT2D eigenvalue weighted by atomic mass is 32.1. The summed E-state index contributed by atoms with van der Waals surface area (Å²) in [5.41, 5.74) is 1.07. The van der Waals surface area contributed by atoms with Crippen molar-refractivity contribution in [3.8, 4) is 5.75 Å². The molecule has 2 unspecified atom stereocenters. The highest BCUT2D eigenvalue weighted by Crippen LogP contribution is 2.28. The van der Waals surface area contributed by atoms with Gasteiger partial charge < -0.3 is 24.8 Å². The predicted molar refractivity (Wildman–Crippen MR) is 109 cm³/mol. The maximum atomic E-state index is 12.3. The van der Waals surface area contributed by atoms with Crippen LogP contribution in [0.4, 0.5) is 0 Å². The Bertz CT molecular complexity index is 926. The summed E-state index contributed by atoms with van der Waals surface area (Å²) < 4.78 is 12.6. The molecule has 0 bridgehead atoms. The van der Waals surface area contributed by atoms with Crippen molar-refractivity contribution in [1.82, 2.24) is 9.55 Å². The lowest BCUT2D eigenvalue weighted by Gasteiger charge is -2.18. The molecule has 0 saturated carbocycles. The van der Waals surface area contributed by atoms with Crippen molar-refractivity contribution >= 4 is 12.2 Å². The molecular formula is C20H26N2O6S. The van der Waals surface area contributed by atoms with Gasteiger partial charge in [0.05, 0.1) is 13.2 Å². The molecule has 4 atom stereocenters. The molecule has 2 aromatic rings. The summed E-state index contributed by atoms with van der Waals surface area (Å²) in [4.78, 5) is 14.9. The Labute approximate surface area is 173 Å². The van der Waals surface area contributed by atoms with Crippen molar-refractivity contribution in [2.75, 3.05) is 13.2 Å². The Morgan fingerprint density at radius 3 is 2.59 bits per heavy atom. The van der Waals surface area contributed by atoms with Gasteiger partial charge in [-0.15, -0.1) is 0 Å². The van der Waals surface area contributed by atoms with E-state index in [0.717, 1.165) is 28.7 Å². The molecule has 8 nitrogen and oxygen atoms in total. The minimum Gasteiger partial charge on any atom is -0.494 e. The second kappa shape index (κ2) is 9.64. The van der Waals surface area contributed by atoms with E-state index in [1.807, 2.05) is 24.3 Å². The molecule has 1 saturated heterocycles. The van der Waals surface area contributed by atoms with E-state index >= 15 is 0 Å². The molecule has 0 amide bonds. The fourth-order valence-electron chi connectivity index (χ4n) is 3.21. The molecule has 1 aliphatic rings. The zero-order chi connectivity index (χ0) is 21.0. The van der Waals surface area contributed by atoms with Crippen LogP contribution in [0, 0.1) is 4.64 Å². The van der Waals surface area contributed by atoms with Gasteiger partial charge in [-0.1, -0.05) is 37.7 Å². The lowest BCUT2D eigenvalue weighted by Crippen LogP contribution is -2.36. The van der Waals surface area contributed by atoms with Crippen molar-refractivity contribution in [3.05, 3.63) is 56.7 Å². The van der Waals surface area contributed by atoms with Crippen LogP contribution in [0.5, 0.6) is 5.75 Å². The zero-order valence-electron chi connectivity index (χ0n) is 16.2. The standard InChI is InChI=1S/C20H26N2O6S/c1-2-3-8-27-14-6-4-12(5-7-14)9-13-10-22(20(26)21-18(13)29)19-17(25)16(24)15(11-23)28-19/h4-7,10,15-17,19,23-25H,2-3,8-9,11H2,1H3,(H,21,26,29)/t15-,16?,17?,19-/m0/s1. The lowest BCUT2D eigenvalue weighted by atomic mass is 10.1. The number of hydrogen-bond donors (Lipinski definition) is 4. The van der Waals surface area contributed by atoms with E-state index in [0.29, 0.717) is 23.2 Å². The number of aromatic amines is 1. The number of nitrogens with one attached hydrogen (secondary N) is 1. The first-order chi connectivity index (χ1) is 13.9. The number of aliphatic hydroxyl groups is 3. The Morgan fingerprint density at radius 1 is 1.24 bits per heavy atom. The molecule has 1 aliphatic heterocycles. The molecule has 3 rings (SSSR count). The molecular weight excluding hydrogens is 396 g/mol. The number of rotatable bonds is 8. The number of aliphatic hydroxyl groups excluding tert-OH is 3. The van der Waals surface area contributed by atoms with Gasteiger partial charge in [0.15, 0.2) is 6.23 Å². The highest BCUT2D eigenvalue weighted by Gasteiger charge is 2.43. The Balaban J connectivity index is 1.80. The average molecular weight is 423 g/mol. The van der Waals surface area contributed by atoms with Crippen LogP contribution in [0.1, 0.15) is 37.1 Å². The summed E-state index contributed by atoms with van der Waals surface area (Å²) in [7, 11) is 0.